The van der Waals surface area contributed by atoms with Crippen molar-refractivity contribution in [2.75, 3.05) is 0 Å². The Morgan fingerprint density at radius 3 is 2.60 bits per heavy atom. The van der Waals surface area contributed by atoms with Gasteiger partial charge in [-0.15, -0.1) is 0 Å². The van der Waals surface area contributed by atoms with Crippen molar-refractivity contribution < 1.29 is 0 Å². The molecule has 4 rings (SSSR count). The first-order chi connectivity index (χ1) is 12.2. The van der Waals surface area contributed by atoms with E-state index >= 15 is 0 Å². The standard InChI is InChI=1S/C19H16N6/c1-12-5-3-6-14(9-12)18-23-19(25-24-18)17-13(2)21-11-16(22-17)15-7-4-8-20-10-15/h3-11H,1-2H3,(H,23,24,25). The summed E-state index contributed by atoms with van der Waals surface area (Å²) in [6, 6.07) is 11.9. The Labute approximate surface area is 145 Å². The SMILES string of the molecule is Cc1cccc(-c2n[nH]c(-c3nc(-c4cccnc4)cnc3C)n2)c1. The zero-order valence-electron chi connectivity index (χ0n) is 13.9. The van der Waals surface area contributed by atoms with Gasteiger partial charge >= 0.3 is 0 Å². The summed E-state index contributed by atoms with van der Waals surface area (Å²) in [5.74, 6) is 1.25. The fourth-order valence-electron chi connectivity index (χ4n) is 2.61. The Kier molecular flexibility index (Phi) is 3.78. The smallest absolute Gasteiger partial charge is 0.181 e. The number of hydrogen-bond donors (Lipinski definition) is 1. The molecule has 0 aliphatic rings. The molecule has 6 heteroatoms. The van der Waals surface area contributed by atoms with Crippen LogP contribution in [-0.4, -0.2) is 30.1 Å². The molecular weight excluding hydrogens is 312 g/mol. The fraction of sp³-hybridized carbons (Fsp3) is 0.105. The second-order valence-corrected chi connectivity index (χ2v) is 5.81. The van der Waals surface area contributed by atoms with E-state index in [9.17, 15) is 0 Å². The number of aromatic nitrogens is 6. The number of benzene rings is 1. The van der Waals surface area contributed by atoms with E-state index in [1.54, 1.807) is 18.6 Å². The summed E-state index contributed by atoms with van der Waals surface area (Å²) >= 11 is 0. The minimum atomic E-state index is 0.604. The maximum absolute atomic E-state index is 4.70. The Morgan fingerprint density at radius 1 is 0.920 bits per heavy atom. The third-order valence-electron chi connectivity index (χ3n) is 3.90. The first-order valence-electron chi connectivity index (χ1n) is 7.94. The van der Waals surface area contributed by atoms with Gasteiger partial charge in [0.15, 0.2) is 11.6 Å². The quantitative estimate of drug-likeness (QED) is 0.621. The van der Waals surface area contributed by atoms with Crippen molar-refractivity contribution in [2.24, 2.45) is 0 Å². The van der Waals surface area contributed by atoms with E-state index in [-0.39, 0.29) is 0 Å². The molecule has 0 radical (unpaired) electrons. The maximum Gasteiger partial charge on any atom is 0.181 e. The largest absolute Gasteiger partial charge is 0.264 e. The van der Waals surface area contributed by atoms with Crippen LogP contribution in [0.25, 0.3) is 34.2 Å². The van der Waals surface area contributed by atoms with Gasteiger partial charge in [-0.3, -0.25) is 15.1 Å². The number of H-pyrrole nitrogens is 1. The van der Waals surface area contributed by atoms with E-state index in [1.807, 2.05) is 44.2 Å². The molecule has 0 saturated heterocycles. The lowest BCUT2D eigenvalue weighted by Gasteiger charge is -2.04. The van der Waals surface area contributed by atoms with Crippen molar-refractivity contribution >= 4 is 0 Å². The van der Waals surface area contributed by atoms with Crippen LogP contribution >= 0.6 is 0 Å². The van der Waals surface area contributed by atoms with Crippen molar-refractivity contribution in [3.8, 4) is 34.2 Å². The van der Waals surface area contributed by atoms with E-state index < -0.39 is 0 Å². The van der Waals surface area contributed by atoms with Crippen LogP contribution in [0.5, 0.6) is 0 Å². The molecule has 0 aliphatic carbocycles. The highest BCUT2D eigenvalue weighted by Gasteiger charge is 2.13. The van der Waals surface area contributed by atoms with Gasteiger partial charge in [-0.2, -0.15) is 5.10 Å². The Hall–Kier alpha value is -3.41. The van der Waals surface area contributed by atoms with Crippen LogP contribution in [0.4, 0.5) is 0 Å². The molecule has 0 saturated carbocycles. The average Bonchev–Trinajstić information content (AvgIpc) is 3.13. The summed E-state index contributed by atoms with van der Waals surface area (Å²) in [6.07, 6.45) is 5.24. The molecule has 0 unspecified atom stereocenters. The number of rotatable bonds is 3. The number of nitrogens with zero attached hydrogens (tertiary/aromatic N) is 5. The van der Waals surface area contributed by atoms with E-state index in [0.717, 1.165) is 22.5 Å². The average molecular weight is 328 g/mol. The van der Waals surface area contributed by atoms with Gasteiger partial charge in [0.2, 0.25) is 0 Å². The third kappa shape index (κ3) is 3.01. The summed E-state index contributed by atoms with van der Waals surface area (Å²) < 4.78 is 0. The Bertz CT molecular complexity index is 1020. The molecule has 0 atom stereocenters. The monoisotopic (exact) mass is 328 g/mol. The summed E-state index contributed by atoms with van der Waals surface area (Å²) in [5.41, 5.74) is 5.28. The number of nitrogens with one attached hydrogen (secondary N) is 1. The molecule has 6 nitrogen and oxygen atoms in total. The predicted molar refractivity (Wildman–Crippen MR) is 95.5 cm³/mol. The third-order valence-corrected chi connectivity index (χ3v) is 3.90. The minimum Gasteiger partial charge on any atom is -0.264 e. The van der Waals surface area contributed by atoms with Gasteiger partial charge in [0, 0.05) is 23.5 Å². The van der Waals surface area contributed by atoms with Crippen LogP contribution in [0.15, 0.2) is 55.0 Å². The maximum atomic E-state index is 4.70. The van der Waals surface area contributed by atoms with Crippen molar-refractivity contribution in [1.82, 2.24) is 30.1 Å². The van der Waals surface area contributed by atoms with E-state index in [1.165, 1.54) is 5.56 Å². The van der Waals surface area contributed by atoms with Gasteiger partial charge in [-0.1, -0.05) is 23.8 Å². The Balaban J connectivity index is 1.75. The molecule has 3 heterocycles. The number of aryl methyl sites for hydroxylation is 2. The molecule has 0 aliphatic heterocycles. The van der Waals surface area contributed by atoms with Crippen LogP contribution in [0.3, 0.4) is 0 Å². The van der Waals surface area contributed by atoms with Gasteiger partial charge in [-0.05, 0) is 32.0 Å². The first-order valence-corrected chi connectivity index (χ1v) is 7.94. The fourth-order valence-corrected chi connectivity index (χ4v) is 2.61. The summed E-state index contributed by atoms with van der Waals surface area (Å²) in [5, 5.41) is 7.31. The minimum absolute atomic E-state index is 0.604. The summed E-state index contributed by atoms with van der Waals surface area (Å²) in [4.78, 5) is 17.9. The molecule has 0 spiro atoms. The summed E-state index contributed by atoms with van der Waals surface area (Å²) in [6.45, 7) is 3.95. The van der Waals surface area contributed by atoms with Crippen LogP contribution in [0.1, 0.15) is 11.3 Å². The normalized spacial score (nSPS) is 10.8. The van der Waals surface area contributed by atoms with Crippen LogP contribution < -0.4 is 0 Å². The lowest BCUT2D eigenvalue weighted by molar-refractivity contribution is 1.06. The predicted octanol–water partition coefficient (Wildman–Crippen LogP) is 3.61. The zero-order valence-corrected chi connectivity index (χ0v) is 13.9. The van der Waals surface area contributed by atoms with Gasteiger partial charge in [-0.25, -0.2) is 9.97 Å². The molecule has 1 N–H and O–H groups in total. The highest BCUT2D eigenvalue weighted by molar-refractivity contribution is 5.64. The molecule has 0 bridgehead atoms. The molecule has 122 valence electrons. The first kappa shape index (κ1) is 15.1. The lowest BCUT2D eigenvalue weighted by atomic mass is 10.1. The van der Waals surface area contributed by atoms with Crippen LogP contribution in [-0.2, 0) is 0 Å². The van der Waals surface area contributed by atoms with Crippen molar-refractivity contribution in [3.05, 3.63) is 66.2 Å². The van der Waals surface area contributed by atoms with Crippen molar-refractivity contribution in [1.29, 1.82) is 0 Å². The van der Waals surface area contributed by atoms with E-state index in [0.29, 0.717) is 17.3 Å². The van der Waals surface area contributed by atoms with Crippen molar-refractivity contribution in [2.45, 2.75) is 13.8 Å². The topological polar surface area (TPSA) is 80.2 Å². The van der Waals surface area contributed by atoms with E-state index in [2.05, 4.69) is 31.2 Å². The second kappa shape index (κ2) is 6.24. The van der Waals surface area contributed by atoms with Gasteiger partial charge in [0.25, 0.3) is 0 Å². The van der Waals surface area contributed by atoms with E-state index in [4.69, 9.17) is 4.98 Å². The molecule has 4 aromatic rings. The Morgan fingerprint density at radius 2 is 1.80 bits per heavy atom. The number of aromatic amines is 1. The lowest BCUT2D eigenvalue weighted by Crippen LogP contribution is -1.96. The molecule has 3 aromatic heterocycles. The van der Waals surface area contributed by atoms with Crippen LogP contribution in [0.2, 0.25) is 0 Å². The molecule has 1 aromatic carbocycles. The van der Waals surface area contributed by atoms with Gasteiger partial charge in [0.1, 0.15) is 5.69 Å². The summed E-state index contributed by atoms with van der Waals surface area (Å²) in [7, 11) is 0. The second-order valence-electron chi connectivity index (χ2n) is 5.81. The van der Waals surface area contributed by atoms with Gasteiger partial charge < -0.3 is 0 Å². The molecular formula is C19H16N6. The molecule has 0 amide bonds. The molecule has 25 heavy (non-hydrogen) atoms. The zero-order chi connectivity index (χ0) is 17.2. The highest BCUT2D eigenvalue weighted by Crippen LogP contribution is 2.23. The van der Waals surface area contributed by atoms with Crippen molar-refractivity contribution in [3.63, 3.8) is 0 Å². The number of hydrogen-bond acceptors (Lipinski definition) is 5. The molecule has 0 fully saturated rings. The number of pyridine rings is 1. The van der Waals surface area contributed by atoms with Crippen LogP contribution in [0, 0.1) is 13.8 Å². The van der Waals surface area contributed by atoms with Gasteiger partial charge in [0.05, 0.1) is 17.6 Å². The highest BCUT2D eigenvalue weighted by atomic mass is 15.2.